The number of carboxylic acids is 1. The predicted molar refractivity (Wildman–Crippen MR) is 147 cm³/mol. The normalized spacial score (nSPS) is 18.1. The molecule has 39 heavy (non-hydrogen) atoms. The second-order valence-electron chi connectivity index (χ2n) is 11.1. The van der Waals surface area contributed by atoms with Gasteiger partial charge in [-0.2, -0.15) is 0 Å². The minimum atomic E-state index is -0.809. The summed E-state index contributed by atoms with van der Waals surface area (Å²) in [6.07, 6.45) is 13.1. The number of rotatable bonds is 12. The van der Waals surface area contributed by atoms with Crippen LogP contribution in [-0.2, 0) is 4.79 Å². The monoisotopic (exact) mass is 534 g/mol. The first-order valence-electron chi connectivity index (χ1n) is 14.1. The van der Waals surface area contributed by atoms with E-state index in [1.165, 1.54) is 37.7 Å². The smallest absolute Gasteiger partial charge is 0.303 e. The summed E-state index contributed by atoms with van der Waals surface area (Å²) < 4.78 is 17.5. The molecule has 1 aromatic heterocycles. The van der Waals surface area contributed by atoms with Crippen LogP contribution in [0.1, 0.15) is 79.8 Å². The molecule has 8 nitrogen and oxygen atoms in total. The number of allylic oxidation sites excluding steroid dienone is 1. The molecule has 1 spiro atoms. The third kappa shape index (κ3) is 6.54. The Morgan fingerprint density at radius 1 is 1.05 bits per heavy atom. The average molecular weight is 535 g/mol. The second-order valence-corrected chi connectivity index (χ2v) is 11.1. The SMILES string of the molecule is COc1cc(C2CN(C(=O)c3cc(OCCCCC(=O)O)ccn3)C2)ccc1OCC1=CC2(CCCC2)CC1. The summed E-state index contributed by atoms with van der Waals surface area (Å²) in [6, 6.07) is 9.44. The van der Waals surface area contributed by atoms with Gasteiger partial charge in [-0.1, -0.05) is 25.0 Å². The van der Waals surface area contributed by atoms with Crippen LogP contribution in [0.5, 0.6) is 17.2 Å². The molecule has 1 N–H and O–H groups in total. The lowest BCUT2D eigenvalue weighted by atomic mass is 9.86. The largest absolute Gasteiger partial charge is 0.493 e. The van der Waals surface area contributed by atoms with Crippen LogP contribution in [0, 0.1) is 5.41 Å². The second kappa shape index (κ2) is 12.1. The molecule has 3 aliphatic rings. The predicted octanol–water partition coefficient (Wildman–Crippen LogP) is 5.62. The first-order chi connectivity index (χ1) is 18.9. The van der Waals surface area contributed by atoms with E-state index in [1.54, 1.807) is 30.3 Å². The molecule has 1 saturated heterocycles. The highest BCUT2D eigenvalue weighted by atomic mass is 16.5. The minimum Gasteiger partial charge on any atom is -0.493 e. The molecule has 0 unspecified atom stereocenters. The van der Waals surface area contributed by atoms with Gasteiger partial charge in [0.15, 0.2) is 11.5 Å². The Morgan fingerprint density at radius 2 is 1.87 bits per heavy atom. The Balaban J connectivity index is 1.11. The summed E-state index contributed by atoms with van der Waals surface area (Å²) >= 11 is 0. The molecule has 1 aliphatic heterocycles. The number of carboxylic acid groups (broad SMARTS) is 1. The highest BCUT2D eigenvalue weighted by Crippen LogP contribution is 2.48. The highest BCUT2D eigenvalue weighted by molar-refractivity contribution is 5.93. The molecule has 2 fully saturated rings. The van der Waals surface area contributed by atoms with Crippen LogP contribution < -0.4 is 14.2 Å². The molecule has 0 atom stereocenters. The molecule has 5 rings (SSSR count). The number of carbonyl (C=O) groups is 2. The number of aromatic nitrogens is 1. The standard InChI is InChI=1S/C31H38N2O6/c1-37-28-16-23(7-8-27(28)39-21-22-9-13-31(18-22)11-3-4-12-31)24-19-33(20-24)30(36)26-17-25(10-14-32-26)38-15-5-2-6-29(34)35/h7-8,10,14,16-18,24H,2-6,9,11-13,15,19-21H2,1H3,(H,34,35). The first kappa shape index (κ1) is 27.0. The van der Waals surface area contributed by atoms with Crippen molar-refractivity contribution in [3.8, 4) is 17.2 Å². The Labute approximate surface area is 230 Å². The topological polar surface area (TPSA) is 98.2 Å². The number of aliphatic carboxylic acids is 1. The maximum Gasteiger partial charge on any atom is 0.303 e. The molecule has 208 valence electrons. The fraction of sp³-hybridized carbons (Fsp3) is 0.516. The van der Waals surface area contributed by atoms with Crippen LogP contribution in [0.4, 0.5) is 0 Å². The van der Waals surface area contributed by atoms with Gasteiger partial charge in [-0.15, -0.1) is 0 Å². The lowest BCUT2D eigenvalue weighted by Gasteiger charge is -2.39. The summed E-state index contributed by atoms with van der Waals surface area (Å²) in [5.41, 5.74) is 3.31. The fourth-order valence-electron chi connectivity index (χ4n) is 6.01. The van der Waals surface area contributed by atoms with Gasteiger partial charge in [-0.25, -0.2) is 0 Å². The van der Waals surface area contributed by atoms with Crippen molar-refractivity contribution in [1.82, 2.24) is 9.88 Å². The number of methoxy groups -OCH3 is 1. The van der Waals surface area contributed by atoms with Gasteiger partial charge in [0.05, 0.1) is 13.7 Å². The van der Waals surface area contributed by atoms with E-state index in [4.69, 9.17) is 19.3 Å². The maximum atomic E-state index is 13.0. The average Bonchev–Trinajstić information content (AvgIpc) is 3.55. The third-order valence-corrected chi connectivity index (χ3v) is 8.30. The van der Waals surface area contributed by atoms with E-state index in [9.17, 15) is 9.59 Å². The number of hydrogen-bond donors (Lipinski definition) is 1. The number of pyridine rings is 1. The van der Waals surface area contributed by atoms with Gasteiger partial charge < -0.3 is 24.2 Å². The summed E-state index contributed by atoms with van der Waals surface area (Å²) in [5.74, 6) is 1.33. The van der Waals surface area contributed by atoms with Gasteiger partial charge in [0.25, 0.3) is 5.91 Å². The number of benzene rings is 1. The highest BCUT2D eigenvalue weighted by Gasteiger charge is 2.36. The molecule has 0 bridgehead atoms. The van der Waals surface area contributed by atoms with Gasteiger partial charge in [0, 0.05) is 37.7 Å². The maximum absolute atomic E-state index is 13.0. The van der Waals surface area contributed by atoms with E-state index < -0.39 is 5.97 Å². The van der Waals surface area contributed by atoms with Crippen molar-refractivity contribution in [3.63, 3.8) is 0 Å². The Bertz CT molecular complexity index is 1210. The Morgan fingerprint density at radius 3 is 2.64 bits per heavy atom. The van der Waals surface area contributed by atoms with Crippen molar-refractivity contribution in [3.05, 3.63) is 59.4 Å². The summed E-state index contributed by atoms with van der Waals surface area (Å²) in [4.78, 5) is 29.6. The summed E-state index contributed by atoms with van der Waals surface area (Å²) in [7, 11) is 1.66. The van der Waals surface area contributed by atoms with Crippen LogP contribution in [0.3, 0.4) is 0 Å². The molecule has 2 aromatic rings. The number of likely N-dealkylation sites (tertiary alicyclic amines) is 1. The zero-order valence-electron chi connectivity index (χ0n) is 22.7. The van der Waals surface area contributed by atoms with Crippen LogP contribution in [-0.4, -0.2) is 60.3 Å². The molecule has 0 radical (unpaired) electrons. The van der Waals surface area contributed by atoms with Crippen LogP contribution in [0.25, 0.3) is 0 Å². The van der Waals surface area contributed by atoms with E-state index in [0.717, 1.165) is 23.5 Å². The summed E-state index contributed by atoms with van der Waals surface area (Å²) in [5, 5.41) is 8.72. The van der Waals surface area contributed by atoms with Gasteiger partial charge in [-0.05, 0) is 73.3 Å². The molecule has 2 aliphatic carbocycles. The van der Waals surface area contributed by atoms with Crippen molar-refractivity contribution < 1.29 is 28.9 Å². The zero-order chi connectivity index (χ0) is 27.2. The van der Waals surface area contributed by atoms with Gasteiger partial charge in [0.2, 0.25) is 0 Å². The van der Waals surface area contributed by atoms with E-state index in [1.807, 2.05) is 12.1 Å². The molecule has 1 saturated carbocycles. The van der Waals surface area contributed by atoms with E-state index in [0.29, 0.717) is 56.0 Å². The molecular formula is C31H38N2O6. The van der Waals surface area contributed by atoms with E-state index in [-0.39, 0.29) is 18.2 Å². The van der Waals surface area contributed by atoms with Crippen molar-refractivity contribution in [2.45, 2.75) is 63.7 Å². The van der Waals surface area contributed by atoms with Gasteiger partial charge in [-0.3, -0.25) is 14.6 Å². The molecular weight excluding hydrogens is 496 g/mol. The number of carbonyl (C=O) groups excluding carboxylic acids is 1. The van der Waals surface area contributed by atoms with Crippen LogP contribution in [0.15, 0.2) is 48.2 Å². The van der Waals surface area contributed by atoms with Crippen molar-refractivity contribution >= 4 is 11.9 Å². The third-order valence-electron chi connectivity index (χ3n) is 8.30. The molecule has 1 amide bonds. The van der Waals surface area contributed by atoms with Crippen LogP contribution >= 0.6 is 0 Å². The van der Waals surface area contributed by atoms with Crippen molar-refractivity contribution in [2.24, 2.45) is 5.41 Å². The van der Waals surface area contributed by atoms with E-state index in [2.05, 4.69) is 17.1 Å². The molecule has 2 heterocycles. The fourth-order valence-corrected chi connectivity index (χ4v) is 6.01. The minimum absolute atomic E-state index is 0.125. The Hall–Kier alpha value is -3.55. The van der Waals surface area contributed by atoms with Crippen molar-refractivity contribution in [2.75, 3.05) is 33.4 Å². The molecule has 8 heteroatoms. The lowest BCUT2D eigenvalue weighted by Crippen LogP contribution is -2.48. The van der Waals surface area contributed by atoms with Crippen LogP contribution in [0.2, 0.25) is 0 Å². The number of ether oxygens (including phenoxy) is 3. The first-order valence-corrected chi connectivity index (χ1v) is 14.1. The van der Waals surface area contributed by atoms with Gasteiger partial charge >= 0.3 is 5.97 Å². The number of amides is 1. The number of unbranched alkanes of at least 4 members (excludes halogenated alkanes) is 1. The Kier molecular flexibility index (Phi) is 8.38. The number of hydrogen-bond acceptors (Lipinski definition) is 6. The molecule has 1 aromatic carbocycles. The summed E-state index contributed by atoms with van der Waals surface area (Å²) in [6.45, 7) is 2.23. The number of nitrogens with zero attached hydrogens (tertiary/aromatic N) is 2. The quantitative estimate of drug-likeness (QED) is 0.279. The zero-order valence-corrected chi connectivity index (χ0v) is 22.7. The van der Waals surface area contributed by atoms with E-state index >= 15 is 0 Å². The van der Waals surface area contributed by atoms with Crippen molar-refractivity contribution in [1.29, 1.82) is 0 Å². The van der Waals surface area contributed by atoms with Gasteiger partial charge in [0.1, 0.15) is 18.1 Å². The lowest BCUT2D eigenvalue weighted by molar-refractivity contribution is -0.137.